The van der Waals surface area contributed by atoms with Gasteiger partial charge in [0.05, 0.1) is 16.5 Å². The van der Waals surface area contributed by atoms with E-state index in [9.17, 15) is 4.39 Å². The van der Waals surface area contributed by atoms with Gasteiger partial charge in [-0.3, -0.25) is 0 Å². The SMILES string of the molecule is CC(C)(C#N)c1cc(Cl)c(Br)cc1F. The minimum atomic E-state index is -0.867. The van der Waals surface area contributed by atoms with E-state index in [1.165, 1.54) is 12.1 Å². The van der Waals surface area contributed by atoms with Gasteiger partial charge in [0.25, 0.3) is 0 Å². The number of rotatable bonds is 1. The van der Waals surface area contributed by atoms with Crippen molar-refractivity contribution in [2.45, 2.75) is 19.3 Å². The van der Waals surface area contributed by atoms with E-state index in [-0.39, 0.29) is 0 Å². The van der Waals surface area contributed by atoms with Gasteiger partial charge in [-0.25, -0.2) is 4.39 Å². The van der Waals surface area contributed by atoms with Gasteiger partial charge < -0.3 is 0 Å². The molecule has 0 unspecified atom stereocenters. The van der Waals surface area contributed by atoms with Crippen LogP contribution in [0.25, 0.3) is 0 Å². The summed E-state index contributed by atoms with van der Waals surface area (Å²) >= 11 is 8.94. The van der Waals surface area contributed by atoms with Gasteiger partial charge >= 0.3 is 0 Å². The second-order valence-corrected chi connectivity index (χ2v) is 4.74. The molecule has 4 heteroatoms. The average Bonchev–Trinajstić information content (AvgIpc) is 2.11. The maximum Gasteiger partial charge on any atom is 0.129 e. The molecule has 0 saturated heterocycles. The van der Waals surface area contributed by atoms with E-state index in [1.807, 2.05) is 6.07 Å². The quantitative estimate of drug-likeness (QED) is 0.710. The van der Waals surface area contributed by atoms with Crippen LogP contribution in [0.3, 0.4) is 0 Å². The molecule has 14 heavy (non-hydrogen) atoms. The molecule has 0 aliphatic carbocycles. The van der Waals surface area contributed by atoms with Crippen molar-refractivity contribution in [2.75, 3.05) is 0 Å². The van der Waals surface area contributed by atoms with Crippen molar-refractivity contribution >= 4 is 27.5 Å². The highest BCUT2D eigenvalue weighted by Crippen LogP contribution is 2.32. The molecule has 1 nitrogen and oxygen atoms in total. The molecule has 1 aromatic carbocycles. The minimum absolute atomic E-state index is 0.313. The van der Waals surface area contributed by atoms with E-state index in [1.54, 1.807) is 13.8 Å². The standard InChI is InChI=1S/C10H8BrClFN/c1-10(2,5-14)6-3-8(12)7(11)4-9(6)13/h3-4H,1-2H3. The first-order chi connectivity index (χ1) is 6.38. The summed E-state index contributed by atoms with van der Waals surface area (Å²) in [5.41, 5.74) is -0.553. The fourth-order valence-corrected chi connectivity index (χ4v) is 1.54. The molecule has 0 amide bonds. The van der Waals surface area contributed by atoms with Gasteiger partial charge in [0, 0.05) is 10.0 Å². The number of nitriles is 1. The monoisotopic (exact) mass is 275 g/mol. The van der Waals surface area contributed by atoms with E-state index in [0.29, 0.717) is 15.1 Å². The molecular weight excluding hydrogens is 268 g/mol. The fourth-order valence-electron chi connectivity index (χ4n) is 1.06. The molecule has 0 fully saturated rings. The molecule has 0 aliphatic heterocycles. The van der Waals surface area contributed by atoms with Gasteiger partial charge in [0.2, 0.25) is 0 Å². The molecule has 0 aromatic heterocycles. The van der Waals surface area contributed by atoms with Crippen LogP contribution in [0.5, 0.6) is 0 Å². The first kappa shape index (κ1) is 11.5. The van der Waals surface area contributed by atoms with Crippen molar-refractivity contribution in [1.82, 2.24) is 0 Å². The Kier molecular flexibility index (Phi) is 3.18. The molecule has 0 spiro atoms. The van der Waals surface area contributed by atoms with Crippen molar-refractivity contribution in [2.24, 2.45) is 0 Å². The maximum absolute atomic E-state index is 13.5. The third kappa shape index (κ3) is 2.08. The van der Waals surface area contributed by atoms with Gasteiger partial charge in [0.1, 0.15) is 5.82 Å². The highest BCUT2D eigenvalue weighted by atomic mass is 79.9. The molecular formula is C10H8BrClFN. The van der Waals surface area contributed by atoms with Crippen LogP contribution in [0.15, 0.2) is 16.6 Å². The normalized spacial score (nSPS) is 11.1. The lowest BCUT2D eigenvalue weighted by atomic mass is 9.86. The van der Waals surface area contributed by atoms with Crippen LogP contribution in [-0.2, 0) is 5.41 Å². The van der Waals surface area contributed by atoms with Gasteiger partial charge in [-0.1, -0.05) is 11.6 Å². The Bertz CT molecular complexity index is 409. The van der Waals surface area contributed by atoms with Gasteiger partial charge in [-0.05, 0) is 41.9 Å². The van der Waals surface area contributed by atoms with E-state index < -0.39 is 11.2 Å². The molecule has 0 atom stereocenters. The zero-order valence-corrected chi connectivity index (χ0v) is 10.1. The molecule has 0 aliphatic rings. The molecule has 0 bridgehead atoms. The van der Waals surface area contributed by atoms with Crippen LogP contribution in [0.4, 0.5) is 4.39 Å². The van der Waals surface area contributed by atoms with Crippen molar-refractivity contribution in [3.63, 3.8) is 0 Å². The third-order valence-corrected chi connectivity index (χ3v) is 3.16. The van der Waals surface area contributed by atoms with Crippen molar-refractivity contribution in [3.8, 4) is 6.07 Å². The number of benzene rings is 1. The zero-order chi connectivity index (χ0) is 10.9. The van der Waals surface area contributed by atoms with Crippen molar-refractivity contribution < 1.29 is 4.39 Å². The lowest BCUT2D eigenvalue weighted by Crippen LogP contribution is -2.16. The van der Waals surface area contributed by atoms with E-state index in [2.05, 4.69) is 15.9 Å². The molecule has 0 N–H and O–H groups in total. The maximum atomic E-state index is 13.5. The Hall–Kier alpha value is -0.590. The third-order valence-electron chi connectivity index (χ3n) is 1.96. The summed E-state index contributed by atoms with van der Waals surface area (Å²) < 4.78 is 14.0. The Labute approximate surface area is 95.6 Å². The Balaban J connectivity index is 3.38. The summed E-state index contributed by atoms with van der Waals surface area (Å²) in [6.07, 6.45) is 0. The topological polar surface area (TPSA) is 23.8 Å². The molecule has 1 aromatic rings. The van der Waals surface area contributed by atoms with Crippen molar-refractivity contribution in [1.29, 1.82) is 5.26 Å². The van der Waals surface area contributed by atoms with Crippen LogP contribution >= 0.6 is 27.5 Å². The Morgan fingerprint density at radius 2 is 2.07 bits per heavy atom. The summed E-state index contributed by atoms with van der Waals surface area (Å²) in [6, 6.07) is 4.78. The first-order valence-electron chi connectivity index (χ1n) is 3.95. The summed E-state index contributed by atoms with van der Waals surface area (Å²) in [6.45, 7) is 3.30. The second kappa shape index (κ2) is 3.88. The van der Waals surface area contributed by atoms with E-state index >= 15 is 0 Å². The minimum Gasteiger partial charge on any atom is -0.207 e. The number of halogens is 3. The van der Waals surface area contributed by atoms with Gasteiger partial charge in [-0.2, -0.15) is 5.26 Å². The molecule has 0 radical (unpaired) electrons. The Morgan fingerprint density at radius 1 is 1.50 bits per heavy atom. The molecule has 0 heterocycles. The van der Waals surface area contributed by atoms with E-state index in [0.717, 1.165) is 0 Å². The smallest absolute Gasteiger partial charge is 0.129 e. The Morgan fingerprint density at radius 3 is 2.57 bits per heavy atom. The molecule has 1 rings (SSSR count). The molecule has 0 saturated carbocycles. The van der Waals surface area contributed by atoms with Crippen molar-refractivity contribution in [3.05, 3.63) is 33.0 Å². The predicted molar refractivity (Wildman–Crippen MR) is 57.7 cm³/mol. The summed E-state index contributed by atoms with van der Waals surface area (Å²) in [5, 5.41) is 9.27. The van der Waals surface area contributed by atoms with Crippen LogP contribution < -0.4 is 0 Å². The zero-order valence-electron chi connectivity index (χ0n) is 7.74. The highest BCUT2D eigenvalue weighted by molar-refractivity contribution is 9.10. The highest BCUT2D eigenvalue weighted by Gasteiger charge is 2.24. The summed E-state index contributed by atoms with van der Waals surface area (Å²) in [7, 11) is 0. The summed E-state index contributed by atoms with van der Waals surface area (Å²) in [4.78, 5) is 0. The number of hydrogen-bond donors (Lipinski definition) is 0. The van der Waals surface area contributed by atoms with Gasteiger partial charge in [0.15, 0.2) is 0 Å². The summed E-state index contributed by atoms with van der Waals surface area (Å²) in [5.74, 6) is -0.423. The largest absolute Gasteiger partial charge is 0.207 e. The second-order valence-electron chi connectivity index (χ2n) is 3.48. The number of hydrogen-bond acceptors (Lipinski definition) is 1. The van der Waals surface area contributed by atoms with Crippen LogP contribution in [0.1, 0.15) is 19.4 Å². The lowest BCUT2D eigenvalue weighted by Gasteiger charge is -2.17. The number of nitrogens with zero attached hydrogens (tertiary/aromatic N) is 1. The average molecular weight is 277 g/mol. The fraction of sp³-hybridized carbons (Fsp3) is 0.300. The van der Waals surface area contributed by atoms with Crippen LogP contribution in [0, 0.1) is 17.1 Å². The van der Waals surface area contributed by atoms with Crippen LogP contribution in [0.2, 0.25) is 5.02 Å². The first-order valence-corrected chi connectivity index (χ1v) is 5.12. The predicted octanol–water partition coefficient (Wildman–Crippen LogP) is 4.04. The van der Waals surface area contributed by atoms with E-state index in [4.69, 9.17) is 16.9 Å². The van der Waals surface area contributed by atoms with Crippen LogP contribution in [-0.4, -0.2) is 0 Å². The lowest BCUT2D eigenvalue weighted by molar-refractivity contribution is 0.564. The van der Waals surface area contributed by atoms with Gasteiger partial charge in [-0.15, -0.1) is 0 Å². The molecule has 74 valence electrons.